The van der Waals surface area contributed by atoms with Gasteiger partial charge in [0.1, 0.15) is 17.5 Å². The molecule has 0 fully saturated rings. The molecular weight excluding hydrogens is 194 g/mol. The van der Waals surface area contributed by atoms with Crippen molar-refractivity contribution < 1.29 is 9.90 Å². The van der Waals surface area contributed by atoms with Gasteiger partial charge in [-0.2, -0.15) is 5.26 Å². The van der Waals surface area contributed by atoms with Gasteiger partial charge in [-0.3, -0.25) is 0 Å². The fraction of sp³-hybridized carbons (Fsp3) is 0.400. The fourth-order valence-electron chi connectivity index (χ4n) is 0.988. The Morgan fingerprint density at radius 1 is 1.53 bits per heavy atom. The van der Waals surface area contributed by atoms with Gasteiger partial charge < -0.3 is 5.11 Å². The summed E-state index contributed by atoms with van der Waals surface area (Å²) in [5, 5.41) is 17.5. The lowest BCUT2D eigenvalue weighted by Gasteiger charge is -2.16. The maximum atomic E-state index is 10.8. The third-order valence-corrected chi connectivity index (χ3v) is 1.78. The Morgan fingerprint density at radius 3 is 2.53 bits per heavy atom. The smallest absolute Gasteiger partial charge is 0.356 e. The van der Waals surface area contributed by atoms with Gasteiger partial charge in [0.05, 0.1) is 0 Å². The third-order valence-electron chi connectivity index (χ3n) is 1.78. The number of nitriles is 1. The van der Waals surface area contributed by atoms with Crippen LogP contribution in [0.4, 0.5) is 0 Å². The van der Waals surface area contributed by atoms with E-state index in [0.29, 0.717) is 5.82 Å². The van der Waals surface area contributed by atoms with Gasteiger partial charge in [-0.1, -0.05) is 20.8 Å². The summed E-state index contributed by atoms with van der Waals surface area (Å²) in [7, 11) is 0. The van der Waals surface area contributed by atoms with Crippen molar-refractivity contribution in [3.05, 3.63) is 23.3 Å². The van der Waals surface area contributed by atoms with E-state index in [1.807, 2.05) is 20.8 Å². The average Bonchev–Trinajstić information content (AvgIpc) is 2.15. The molecule has 0 bridgehead atoms. The molecule has 0 amide bonds. The van der Waals surface area contributed by atoms with Crippen LogP contribution in [0.25, 0.3) is 0 Å². The molecule has 78 valence electrons. The predicted molar refractivity (Wildman–Crippen MR) is 52.4 cm³/mol. The molecule has 0 aliphatic heterocycles. The molecular formula is C10H11N3O2. The minimum absolute atomic E-state index is 0.0181. The largest absolute Gasteiger partial charge is 0.476 e. The Hall–Kier alpha value is -1.96. The molecule has 1 aromatic heterocycles. The van der Waals surface area contributed by atoms with Gasteiger partial charge in [-0.25, -0.2) is 14.8 Å². The third kappa shape index (κ3) is 2.29. The first kappa shape index (κ1) is 11.1. The number of nitrogens with zero attached hydrogens (tertiary/aromatic N) is 3. The summed E-state index contributed by atoms with van der Waals surface area (Å²) in [6.45, 7) is 5.63. The summed E-state index contributed by atoms with van der Waals surface area (Å²) in [5.74, 6) is -0.793. The van der Waals surface area contributed by atoms with E-state index in [-0.39, 0.29) is 16.7 Å². The summed E-state index contributed by atoms with van der Waals surface area (Å²) >= 11 is 0. The van der Waals surface area contributed by atoms with E-state index < -0.39 is 5.97 Å². The maximum absolute atomic E-state index is 10.8. The lowest BCUT2D eigenvalue weighted by atomic mass is 9.95. The molecule has 1 N–H and O–H groups in total. The second-order valence-electron chi connectivity index (χ2n) is 4.12. The van der Waals surface area contributed by atoms with Crippen molar-refractivity contribution in [2.24, 2.45) is 0 Å². The van der Waals surface area contributed by atoms with E-state index in [1.54, 1.807) is 6.07 Å². The highest BCUT2D eigenvalue weighted by Crippen LogP contribution is 2.18. The van der Waals surface area contributed by atoms with Crippen LogP contribution in [0, 0.1) is 11.3 Å². The monoisotopic (exact) mass is 205 g/mol. The Labute approximate surface area is 87.4 Å². The number of carbonyl (C=O) groups is 1. The molecule has 0 unspecified atom stereocenters. The topological polar surface area (TPSA) is 86.9 Å². The molecule has 0 saturated carbocycles. The highest BCUT2D eigenvalue weighted by atomic mass is 16.4. The minimum atomic E-state index is -1.21. The number of carboxylic acids is 1. The molecule has 0 spiro atoms. The van der Waals surface area contributed by atoms with Gasteiger partial charge >= 0.3 is 5.97 Å². The van der Waals surface area contributed by atoms with Gasteiger partial charge in [-0.15, -0.1) is 0 Å². The number of aromatic carboxylic acids is 1. The second-order valence-corrected chi connectivity index (χ2v) is 4.12. The number of carboxylic acid groups (broad SMARTS) is 1. The van der Waals surface area contributed by atoms with Gasteiger partial charge in [0, 0.05) is 11.6 Å². The molecule has 1 heterocycles. The van der Waals surface area contributed by atoms with Crippen molar-refractivity contribution in [2.75, 3.05) is 0 Å². The first-order valence-corrected chi connectivity index (χ1v) is 4.37. The summed E-state index contributed by atoms with van der Waals surface area (Å²) in [6, 6.07) is 1.75. The van der Waals surface area contributed by atoms with Gasteiger partial charge in [0.15, 0.2) is 5.69 Å². The minimum Gasteiger partial charge on any atom is -0.476 e. The normalized spacial score (nSPS) is 10.8. The Balaban J connectivity index is 3.37. The fourth-order valence-corrected chi connectivity index (χ4v) is 0.988. The number of hydrogen-bond acceptors (Lipinski definition) is 4. The summed E-state index contributed by atoms with van der Waals surface area (Å²) in [6.07, 6.45) is 1.25. The highest BCUT2D eigenvalue weighted by molar-refractivity contribution is 5.88. The molecule has 0 aliphatic carbocycles. The van der Waals surface area contributed by atoms with Crippen molar-refractivity contribution in [1.82, 2.24) is 9.97 Å². The van der Waals surface area contributed by atoms with Crippen LogP contribution in [-0.2, 0) is 5.41 Å². The summed E-state index contributed by atoms with van der Waals surface area (Å²) in [4.78, 5) is 18.7. The lowest BCUT2D eigenvalue weighted by Crippen LogP contribution is -2.19. The molecule has 1 aromatic rings. The van der Waals surface area contributed by atoms with Crippen LogP contribution in [0.15, 0.2) is 6.20 Å². The van der Waals surface area contributed by atoms with Crippen LogP contribution in [0.1, 0.15) is 42.6 Å². The van der Waals surface area contributed by atoms with E-state index in [2.05, 4.69) is 9.97 Å². The van der Waals surface area contributed by atoms with Gasteiger partial charge in [0.2, 0.25) is 0 Å². The van der Waals surface area contributed by atoms with Crippen LogP contribution in [0.3, 0.4) is 0 Å². The highest BCUT2D eigenvalue weighted by Gasteiger charge is 2.21. The first-order valence-electron chi connectivity index (χ1n) is 4.37. The van der Waals surface area contributed by atoms with E-state index in [9.17, 15) is 4.79 Å². The molecule has 1 rings (SSSR count). The van der Waals surface area contributed by atoms with Gasteiger partial charge in [0.25, 0.3) is 0 Å². The number of rotatable bonds is 1. The zero-order chi connectivity index (χ0) is 11.6. The molecule has 15 heavy (non-hydrogen) atoms. The van der Waals surface area contributed by atoms with Crippen LogP contribution in [0.5, 0.6) is 0 Å². The zero-order valence-corrected chi connectivity index (χ0v) is 8.77. The predicted octanol–water partition coefficient (Wildman–Crippen LogP) is 1.34. The van der Waals surface area contributed by atoms with E-state index in [0.717, 1.165) is 0 Å². The number of aromatic nitrogens is 2. The Morgan fingerprint density at radius 2 is 2.13 bits per heavy atom. The molecule has 0 radical (unpaired) electrons. The standard InChI is InChI=1S/C10H11N3O2/c1-10(2,3)9-12-5-6(4-11)7(13-9)8(14)15/h5H,1-3H3,(H,14,15). The Kier molecular flexibility index (Phi) is 2.71. The van der Waals surface area contributed by atoms with E-state index >= 15 is 0 Å². The van der Waals surface area contributed by atoms with Crippen molar-refractivity contribution in [3.8, 4) is 6.07 Å². The Bertz CT molecular complexity index is 441. The van der Waals surface area contributed by atoms with Crippen LogP contribution >= 0.6 is 0 Å². The maximum Gasteiger partial charge on any atom is 0.356 e. The summed E-state index contributed by atoms with van der Waals surface area (Å²) in [5.41, 5.74) is -0.592. The second kappa shape index (κ2) is 3.65. The molecule has 0 aliphatic rings. The van der Waals surface area contributed by atoms with Crippen LogP contribution < -0.4 is 0 Å². The molecule has 5 heteroatoms. The van der Waals surface area contributed by atoms with Crippen LogP contribution in [0.2, 0.25) is 0 Å². The lowest BCUT2D eigenvalue weighted by molar-refractivity contribution is 0.0689. The summed E-state index contributed by atoms with van der Waals surface area (Å²) < 4.78 is 0. The van der Waals surface area contributed by atoms with Crippen LogP contribution in [-0.4, -0.2) is 21.0 Å². The zero-order valence-electron chi connectivity index (χ0n) is 8.77. The van der Waals surface area contributed by atoms with Crippen molar-refractivity contribution in [1.29, 1.82) is 5.26 Å². The molecule has 0 saturated heterocycles. The number of hydrogen-bond donors (Lipinski definition) is 1. The van der Waals surface area contributed by atoms with E-state index in [4.69, 9.17) is 10.4 Å². The molecule has 0 atom stereocenters. The van der Waals surface area contributed by atoms with Gasteiger partial charge in [-0.05, 0) is 0 Å². The molecule has 0 aromatic carbocycles. The van der Waals surface area contributed by atoms with Crippen molar-refractivity contribution in [2.45, 2.75) is 26.2 Å². The van der Waals surface area contributed by atoms with E-state index in [1.165, 1.54) is 6.20 Å². The first-order chi connectivity index (χ1) is 6.86. The van der Waals surface area contributed by atoms with Crippen molar-refractivity contribution >= 4 is 5.97 Å². The average molecular weight is 205 g/mol. The quantitative estimate of drug-likeness (QED) is 0.747. The molecule has 5 nitrogen and oxygen atoms in total. The SMILES string of the molecule is CC(C)(C)c1ncc(C#N)c(C(=O)O)n1. The van der Waals surface area contributed by atoms with Crippen molar-refractivity contribution in [3.63, 3.8) is 0 Å².